The summed E-state index contributed by atoms with van der Waals surface area (Å²) < 4.78 is 0.813. The minimum atomic E-state index is -0.519. The van der Waals surface area contributed by atoms with Crippen molar-refractivity contribution in [2.24, 2.45) is 0 Å². The number of nitro benzene ring substituents is 1. The van der Waals surface area contributed by atoms with Crippen LogP contribution >= 0.6 is 27.3 Å². The highest BCUT2D eigenvalue weighted by Gasteiger charge is 2.33. The average molecular weight is 407 g/mol. The van der Waals surface area contributed by atoms with Gasteiger partial charge in [0.25, 0.3) is 11.6 Å². The molecule has 0 saturated carbocycles. The van der Waals surface area contributed by atoms with Crippen LogP contribution in [0.2, 0.25) is 0 Å². The van der Waals surface area contributed by atoms with Crippen molar-refractivity contribution in [1.82, 2.24) is 0 Å². The van der Waals surface area contributed by atoms with Gasteiger partial charge in [-0.05, 0) is 41.1 Å². The molecule has 0 unspecified atom stereocenters. The van der Waals surface area contributed by atoms with Gasteiger partial charge in [0.05, 0.1) is 24.8 Å². The van der Waals surface area contributed by atoms with Crippen LogP contribution in [-0.4, -0.2) is 23.2 Å². The van der Waals surface area contributed by atoms with E-state index >= 15 is 0 Å². The number of non-ortho nitro benzene ring substituents is 1. The van der Waals surface area contributed by atoms with Gasteiger partial charge in [0.1, 0.15) is 0 Å². The van der Waals surface area contributed by atoms with E-state index in [-0.39, 0.29) is 23.0 Å². The van der Waals surface area contributed by atoms with Crippen molar-refractivity contribution in [3.63, 3.8) is 0 Å². The van der Waals surface area contributed by atoms with Crippen LogP contribution in [-0.2, 0) is 4.79 Å². The summed E-state index contributed by atoms with van der Waals surface area (Å²) in [4.78, 5) is 37.4. The Kier molecular flexibility index (Phi) is 4.33. The number of allylic oxidation sites excluding steroid dienone is 1. The Balaban J connectivity index is 2.10. The Bertz CT molecular complexity index is 903. The number of carbonyl (C=O) groups is 2. The number of hydrogen-bond donors (Lipinski definition) is 0. The number of benzene rings is 1. The van der Waals surface area contributed by atoms with Gasteiger partial charge in [0.15, 0.2) is 5.78 Å². The van der Waals surface area contributed by atoms with Crippen molar-refractivity contribution in [3.05, 3.63) is 60.7 Å². The van der Waals surface area contributed by atoms with E-state index in [4.69, 9.17) is 0 Å². The molecule has 0 spiro atoms. The summed E-state index contributed by atoms with van der Waals surface area (Å²) in [5.74, 6) is -0.624. The number of amides is 1. The van der Waals surface area contributed by atoms with Crippen molar-refractivity contribution < 1.29 is 14.5 Å². The number of nitro groups is 1. The molecule has 0 saturated heterocycles. The first-order valence-electron chi connectivity index (χ1n) is 7.04. The van der Waals surface area contributed by atoms with Crippen LogP contribution in [0.1, 0.15) is 22.2 Å². The number of halogens is 1. The predicted molar refractivity (Wildman–Crippen MR) is 95.4 cm³/mol. The second kappa shape index (κ2) is 6.29. The number of carbonyl (C=O) groups excluding carboxylic acids is 2. The zero-order chi connectivity index (χ0) is 17.4. The molecule has 0 atom stereocenters. The number of rotatable bonds is 4. The SMILES string of the molecule is CCN1C(=O)/C(=C\C(=O)c2ccc(Br)s2)c2cc([N+](=O)[O-])ccc21. The van der Waals surface area contributed by atoms with E-state index in [0.29, 0.717) is 22.7 Å². The molecule has 24 heavy (non-hydrogen) atoms. The Hall–Kier alpha value is -2.32. The Morgan fingerprint density at radius 2 is 2.12 bits per heavy atom. The number of hydrogen-bond acceptors (Lipinski definition) is 5. The molecule has 1 aromatic carbocycles. The van der Waals surface area contributed by atoms with E-state index in [1.807, 2.05) is 6.92 Å². The van der Waals surface area contributed by atoms with Crippen molar-refractivity contribution >= 4 is 55.9 Å². The highest BCUT2D eigenvalue weighted by atomic mass is 79.9. The van der Waals surface area contributed by atoms with Gasteiger partial charge in [-0.1, -0.05) is 0 Å². The summed E-state index contributed by atoms with van der Waals surface area (Å²) in [6.07, 6.45) is 1.26. The minimum Gasteiger partial charge on any atom is -0.308 e. The molecule has 8 heteroatoms. The summed E-state index contributed by atoms with van der Waals surface area (Å²) in [5.41, 5.74) is 1.07. The number of ketones is 1. The molecular formula is C16H11BrN2O4S. The summed E-state index contributed by atoms with van der Waals surface area (Å²) in [6.45, 7) is 2.23. The van der Waals surface area contributed by atoms with Crippen molar-refractivity contribution in [3.8, 4) is 0 Å². The van der Waals surface area contributed by atoms with E-state index in [2.05, 4.69) is 15.9 Å². The third kappa shape index (κ3) is 2.78. The second-order valence-electron chi connectivity index (χ2n) is 5.03. The number of likely N-dealkylation sites (N-methyl/N-ethyl adjacent to an activating group) is 1. The first kappa shape index (κ1) is 16.5. The quantitative estimate of drug-likeness (QED) is 0.332. The zero-order valence-electron chi connectivity index (χ0n) is 12.5. The normalized spacial score (nSPS) is 15.0. The smallest absolute Gasteiger partial charge is 0.270 e. The Morgan fingerprint density at radius 3 is 2.71 bits per heavy atom. The standard InChI is InChI=1S/C16H11BrN2O4S/c1-2-18-12-4-3-9(19(22)23)7-10(12)11(16(18)21)8-13(20)14-5-6-15(17)24-14/h3-8H,2H2,1H3/b11-8-. The van der Waals surface area contributed by atoms with Crippen LogP contribution in [0.3, 0.4) is 0 Å². The lowest BCUT2D eigenvalue weighted by atomic mass is 10.0. The molecule has 1 aliphatic rings. The first-order valence-corrected chi connectivity index (χ1v) is 8.65. The fraction of sp³-hybridized carbons (Fsp3) is 0.125. The lowest BCUT2D eigenvalue weighted by Gasteiger charge is -2.13. The lowest BCUT2D eigenvalue weighted by molar-refractivity contribution is -0.384. The number of thiophene rings is 1. The van der Waals surface area contributed by atoms with Gasteiger partial charge in [0.2, 0.25) is 0 Å². The molecule has 0 radical (unpaired) electrons. The maximum absolute atomic E-state index is 12.6. The number of anilines is 1. The largest absolute Gasteiger partial charge is 0.308 e. The fourth-order valence-electron chi connectivity index (χ4n) is 2.56. The Morgan fingerprint density at radius 1 is 1.38 bits per heavy atom. The number of nitrogens with zero attached hydrogens (tertiary/aromatic N) is 2. The molecule has 2 aromatic rings. The van der Waals surface area contributed by atoms with Gasteiger partial charge in [-0.2, -0.15) is 0 Å². The van der Waals surface area contributed by atoms with E-state index < -0.39 is 4.92 Å². The summed E-state index contributed by atoms with van der Waals surface area (Å²) in [6, 6.07) is 7.66. The van der Waals surface area contributed by atoms with Gasteiger partial charge in [-0.3, -0.25) is 19.7 Å². The lowest BCUT2D eigenvalue weighted by Crippen LogP contribution is -2.25. The molecular weight excluding hydrogens is 396 g/mol. The van der Waals surface area contributed by atoms with Crippen molar-refractivity contribution in [2.75, 3.05) is 11.4 Å². The fourth-order valence-corrected chi connectivity index (χ4v) is 3.86. The van der Waals surface area contributed by atoms with Gasteiger partial charge in [-0.15, -0.1) is 11.3 Å². The molecule has 1 amide bonds. The third-order valence-corrected chi connectivity index (χ3v) is 5.29. The topological polar surface area (TPSA) is 80.5 Å². The van der Waals surface area contributed by atoms with Gasteiger partial charge >= 0.3 is 0 Å². The van der Waals surface area contributed by atoms with Crippen LogP contribution in [0.15, 0.2) is 40.2 Å². The van der Waals surface area contributed by atoms with Gasteiger partial charge in [-0.25, -0.2) is 0 Å². The monoisotopic (exact) mass is 406 g/mol. The van der Waals surface area contributed by atoms with Crippen molar-refractivity contribution in [1.29, 1.82) is 0 Å². The maximum Gasteiger partial charge on any atom is 0.270 e. The summed E-state index contributed by atoms with van der Waals surface area (Å²) in [5, 5.41) is 11.0. The Labute approximate surface area is 149 Å². The van der Waals surface area contributed by atoms with Gasteiger partial charge < -0.3 is 4.90 Å². The molecule has 122 valence electrons. The molecule has 3 rings (SSSR count). The highest BCUT2D eigenvalue weighted by molar-refractivity contribution is 9.11. The maximum atomic E-state index is 12.6. The third-order valence-electron chi connectivity index (χ3n) is 3.66. The van der Waals surface area contributed by atoms with E-state index in [1.54, 1.807) is 18.2 Å². The molecule has 0 N–H and O–H groups in total. The zero-order valence-corrected chi connectivity index (χ0v) is 14.9. The van der Waals surface area contributed by atoms with Crippen LogP contribution in [0.25, 0.3) is 5.57 Å². The highest BCUT2D eigenvalue weighted by Crippen LogP contribution is 2.39. The average Bonchev–Trinajstić information content (AvgIpc) is 3.09. The molecule has 0 bridgehead atoms. The summed E-state index contributed by atoms with van der Waals surface area (Å²) in [7, 11) is 0. The molecule has 1 aliphatic heterocycles. The summed E-state index contributed by atoms with van der Waals surface area (Å²) >= 11 is 4.56. The predicted octanol–water partition coefficient (Wildman–Crippen LogP) is 4.05. The first-order chi connectivity index (χ1) is 11.4. The van der Waals surface area contributed by atoms with Crippen LogP contribution < -0.4 is 4.90 Å². The minimum absolute atomic E-state index is 0.114. The molecule has 6 nitrogen and oxygen atoms in total. The van der Waals surface area contributed by atoms with Gasteiger partial charge in [0, 0.05) is 30.3 Å². The molecule has 2 heterocycles. The van der Waals surface area contributed by atoms with Crippen LogP contribution in [0.5, 0.6) is 0 Å². The van der Waals surface area contributed by atoms with Crippen LogP contribution in [0, 0.1) is 10.1 Å². The van der Waals surface area contributed by atoms with E-state index in [0.717, 1.165) is 3.79 Å². The van der Waals surface area contributed by atoms with Crippen LogP contribution in [0.4, 0.5) is 11.4 Å². The second-order valence-corrected chi connectivity index (χ2v) is 7.50. The molecule has 1 aromatic heterocycles. The molecule has 0 aliphatic carbocycles. The van der Waals surface area contributed by atoms with Crippen molar-refractivity contribution in [2.45, 2.75) is 6.92 Å². The molecule has 0 fully saturated rings. The van der Waals surface area contributed by atoms with E-state index in [1.165, 1.54) is 34.4 Å². The number of fused-ring (bicyclic) bond motifs is 1. The van der Waals surface area contributed by atoms with E-state index in [9.17, 15) is 19.7 Å².